The van der Waals surface area contributed by atoms with Crippen molar-refractivity contribution < 1.29 is 0 Å². The summed E-state index contributed by atoms with van der Waals surface area (Å²) in [7, 11) is 0. The first-order valence-corrected chi connectivity index (χ1v) is 6.85. The Morgan fingerprint density at radius 3 is 2.31 bits per heavy atom. The van der Waals surface area contributed by atoms with Gasteiger partial charge < -0.3 is 0 Å². The highest BCUT2D eigenvalue weighted by atomic mass is 79.9. The maximum Gasteiger partial charge on any atom is 0.0503 e. The molecule has 0 saturated heterocycles. The molecule has 88 valence electrons. The molecule has 0 heterocycles. The summed E-state index contributed by atoms with van der Waals surface area (Å²) in [6.07, 6.45) is 5.22. The van der Waals surface area contributed by atoms with Gasteiger partial charge >= 0.3 is 0 Å². The Kier molecular flexibility index (Phi) is 4.79. The molecular formula is C15H21Br. The molecule has 0 spiro atoms. The van der Waals surface area contributed by atoms with Crippen LogP contribution < -0.4 is 0 Å². The number of alkyl halides is 1. The average molecular weight is 281 g/mol. The number of hydrogen-bond donors (Lipinski definition) is 0. The quantitative estimate of drug-likeness (QED) is 0.642. The summed E-state index contributed by atoms with van der Waals surface area (Å²) in [6, 6.07) is 6.66. The summed E-state index contributed by atoms with van der Waals surface area (Å²) in [5.74, 6) is 0. The van der Waals surface area contributed by atoms with Gasteiger partial charge in [0.1, 0.15) is 0 Å². The summed E-state index contributed by atoms with van der Waals surface area (Å²) in [5.41, 5.74) is 4.08. The molecule has 1 aromatic carbocycles. The normalized spacial score (nSPS) is 11.5. The molecule has 0 radical (unpaired) electrons. The summed E-state index contributed by atoms with van der Waals surface area (Å²) in [6.45, 7) is 10.5. The highest BCUT2D eigenvalue weighted by molar-refractivity contribution is 9.09. The van der Waals surface area contributed by atoms with Crippen LogP contribution in [0.25, 0.3) is 6.08 Å². The first-order chi connectivity index (χ1) is 7.61. The second kappa shape index (κ2) is 5.67. The maximum atomic E-state index is 3.90. The second-order valence-electron chi connectivity index (χ2n) is 4.15. The van der Waals surface area contributed by atoms with E-state index in [1.54, 1.807) is 0 Å². The Balaban J connectivity index is 3.27. The van der Waals surface area contributed by atoms with Gasteiger partial charge in [0.15, 0.2) is 0 Å². The van der Waals surface area contributed by atoms with E-state index in [0.717, 1.165) is 19.3 Å². The zero-order chi connectivity index (χ0) is 12.2. The molecule has 0 saturated carbocycles. The van der Waals surface area contributed by atoms with Crippen molar-refractivity contribution in [3.63, 3.8) is 0 Å². The van der Waals surface area contributed by atoms with E-state index in [-0.39, 0.29) is 4.32 Å². The van der Waals surface area contributed by atoms with Crippen LogP contribution in [-0.4, -0.2) is 0 Å². The molecule has 0 nitrogen and oxygen atoms in total. The molecule has 0 unspecified atom stereocenters. The lowest BCUT2D eigenvalue weighted by Crippen LogP contribution is -2.17. The number of aryl methyl sites for hydroxylation is 1. The number of halogens is 1. The van der Waals surface area contributed by atoms with E-state index in [1.165, 1.54) is 16.7 Å². The van der Waals surface area contributed by atoms with Gasteiger partial charge in [0.2, 0.25) is 0 Å². The van der Waals surface area contributed by atoms with Crippen LogP contribution >= 0.6 is 15.9 Å². The lowest BCUT2D eigenvalue weighted by Gasteiger charge is -2.28. The van der Waals surface area contributed by atoms with Crippen molar-refractivity contribution >= 4 is 22.0 Å². The fourth-order valence-corrected chi connectivity index (χ4v) is 2.49. The predicted molar refractivity (Wildman–Crippen MR) is 77.1 cm³/mol. The van der Waals surface area contributed by atoms with Gasteiger partial charge in [0, 0.05) is 0 Å². The molecule has 0 aliphatic carbocycles. The monoisotopic (exact) mass is 280 g/mol. The van der Waals surface area contributed by atoms with Gasteiger partial charge in [-0.25, -0.2) is 0 Å². The molecule has 0 aromatic heterocycles. The van der Waals surface area contributed by atoms with Crippen molar-refractivity contribution in [2.45, 2.75) is 44.4 Å². The summed E-state index contributed by atoms with van der Waals surface area (Å²) >= 11 is 3.90. The molecule has 0 atom stereocenters. The molecule has 0 amide bonds. The smallest absolute Gasteiger partial charge is 0.0503 e. The molecule has 1 aromatic rings. The Hall–Kier alpha value is -0.560. The van der Waals surface area contributed by atoms with Crippen molar-refractivity contribution in [3.8, 4) is 0 Å². The van der Waals surface area contributed by atoms with E-state index in [9.17, 15) is 0 Å². The highest BCUT2D eigenvalue weighted by Gasteiger charge is 2.26. The molecule has 0 aliphatic heterocycles. The van der Waals surface area contributed by atoms with E-state index in [0.29, 0.717) is 0 Å². The highest BCUT2D eigenvalue weighted by Crippen LogP contribution is 2.40. The third-order valence-electron chi connectivity index (χ3n) is 3.35. The molecule has 0 fully saturated rings. The molecule has 0 aliphatic rings. The average Bonchev–Trinajstić information content (AvgIpc) is 2.37. The van der Waals surface area contributed by atoms with Gasteiger partial charge in [-0.1, -0.05) is 67.6 Å². The maximum absolute atomic E-state index is 3.90. The summed E-state index contributed by atoms with van der Waals surface area (Å²) < 4.78 is 0.137. The van der Waals surface area contributed by atoms with Gasteiger partial charge in [-0.15, -0.1) is 0 Å². The second-order valence-corrected chi connectivity index (χ2v) is 5.66. The SMILES string of the molecule is C=Cc1ccc(C(Br)(CC)CC)c(CC)c1. The molecular weight excluding hydrogens is 260 g/mol. The van der Waals surface area contributed by atoms with Crippen molar-refractivity contribution in [2.75, 3.05) is 0 Å². The number of rotatable bonds is 5. The third kappa shape index (κ3) is 2.57. The van der Waals surface area contributed by atoms with Crippen molar-refractivity contribution in [1.29, 1.82) is 0 Å². The topological polar surface area (TPSA) is 0 Å². The first kappa shape index (κ1) is 13.5. The van der Waals surface area contributed by atoms with Crippen LogP contribution in [0.5, 0.6) is 0 Å². The molecule has 1 heteroatoms. The fraction of sp³-hybridized carbons (Fsp3) is 0.467. The number of benzene rings is 1. The van der Waals surface area contributed by atoms with E-state index in [4.69, 9.17) is 0 Å². The first-order valence-electron chi connectivity index (χ1n) is 6.06. The minimum atomic E-state index is 0.137. The summed E-state index contributed by atoms with van der Waals surface area (Å²) in [4.78, 5) is 0. The fourth-order valence-electron chi connectivity index (χ4n) is 2.10. The van der Waals surface area contributed by atoms with Crippen molar-refractivity contribution in [1.82, 2.24) is 0 Å². The zero-order valence-electron chi connectivity index (χ0n) is 10.5. The Morgan fingerprint density at radius 2 is 1.88 bits per heavy atom. The Morgan fingerprint density at radius 1 is 1.25 bits per heavy atom. The standard InChI is InChI=1S/C15H21Br/c1-5-12-9-10-14(13(6-2)11-12)15(16,7-3)8-4/h5,9-11H,1,6-8H2,2-4H3. The van der Waals surface area contributed by atoms with Crippen LogP contribution in [0.3, 0.4) is 0 Å². The minimum Gasteiger partial charge on any atom is -0.0985 e. The molecule has 16 heavy (non-hydrogen) atoms. The summed E-state index contributed by atoms with van der Waals surface area (Å²) in [5, 5.41) is 0. The Labute approximate surface area is 108 Å². The number of hydrogen-bond acceptors (Lipinski definition) is 0. The van der Waals surface area contributed by atoms with Crippen molar-refractivity contribution in [2.24, 2.45) is 0 Å². The van der Waals surface area contributed by atoms with Gasteiger partial charge in [0.25, 0.3) is 0 Å². The Bertz CT molecular complexity index is 362. The van der Waals surface area contributed by atoms with Crippen LogP contribution in [0.2, 0.25) is 0 Å². The lowest BCUT2D eigenvalue weighted by atomic mass is 9.88. The molecule has 0 bridgehead atoms. The van der Waals surface area contributed by atoms with Crippen LogP contribution in [0.1, 0.15) is 50.3 Å². The van der Waals surface area contributed by atoms with Gasteiger partial charge in [-0.2, -0.15) is 0 Å². The van der Waals surface area contributed by atoms with Crippen LogP contribution in [0.4, 0.5) is 0 Å². The van der Waals surface area contributed by atoms with Gasteiger partial charge in [-0.05, 0) is 36.0 Å². The van der Waals surface area contributed by atoms with Crippen molar-refractivity contribution in [3.05, 3.63) is 41.5 Å². The predicted octanol–water partition coefficient (Wildman–Crippen LogP) is 5.30. The third-order valence-corrected chi connectivity index (χ3v) is 4.90. The van der Waals surface area contributed by atoms with E-state index in [2.05, 4.69) is 61.5 Å². The minimum absolute atomic E-state index is 0.137. The van der Waals surface area contributed by atoms with E-state index >= 15 is 0 Å². The van der Waals surface area contributed by atoms with E-state index in [1.807, 2.05) is 6.08 Å². The van der Waals surface area contributed by atoms with Crippen LogP contribution in [-0.2, 0) is 10.7 Å². The lowest BCUT2D eigenvalue weighted by molar-refractivity contribution is 0.588. The van der Waals surface area contributed by atoms with Gasteiger partial charge in [0.05, 0.1) is 4.32 Å². The zero-order valence-corrected chi connectivity index (χ0v) is 12.1. The van der Waals surface area contributed by atoms with Crippen LogP contribution in [0, 0.1) is 0 Å². The molecule has 0 N–H and O–H groups in total. The van der Waals surface area contributed by atoms with Crippen LogP contribution in [0.15, 0.2) is 24.8 Å². The molecule has 1 rings (SSSR count). The van der Waals surface area contributed by atoms with E-state index < -0.39 is 0 Å². The van der Waals surface area contributed by atoms with Gasteiger partial charge in [-0.3, -0.25) is 0 Å². The largest absolute Gasteiger partial charge is 0.0985 e.